The molecule has 0 heterocycles. The van der Waals surface area contributed by atoms with Crippen molar-refractivity contribution in [2.45, 2.75) is 13.1 Å². The largest absolute Gasteiger partial charge is 0.501 e. The van der Waals surface area contributed by atoms with Gasteiger partial charge < -0.3 is 4.74 Å². The second kappa shape index (κ2) is 5.52. The van der Waals surface area contributed by atoms with Gasteiger partial charge in [-0.05, 0) is 6.92 Å². The van der Waals surface area contributed by atoms with Gasteiger partial charge in [0, 0.05) is 11.1 Å². The van der Waals surface area contributed by atoms with Crippen molar-refractivity contribution in [2.24, 2.45) is 0 Å². The second-order valence-electron chi connectivity index (χ2n) is 3.19. The summed E-state index contributed by atoms with van der Waals surface area (Å²) in [5, 5.41) is 0. The number of alkyl halides is 3. The molecule has 0 aliphatic heterocycles. The van der Waals surface area contributed by atoms with Crippen molar-refractivity contribution in [2.75, 3.05) is 6.61 Å². The minimum Gasteiger partial charge on any atom is -0.501 e. The lowest BCUT2D eigenvalue weighted by Crippen LogP contribution is -2.12. The Morgan fingerprint density at radius 2 is 2.00 bits per heavy atom. The lowest BCUT2D eigenvalue weighted by atomic mass is 10.0. The van der Waals surface area contributed by atoms with Gasteiger partial charge in [0.2, 0.25) is 0 Å². The summed E-state index contributed by atoms with van der Waals surface area (Å²) in [5.74, 6) is 0. The smallest absolute Gasteiger partial charge is 0.419 e. The average Bonchev–Trinajstić information content (AvgIpc) is 2.28. The Labute approximate surface area is 96.7 Å². The summed E-state index contributed by atoms with van der Waals surface area (Å²) in [4.78, 5) is 10.7. The van der Waals surface area contributed by atoms with E-state index < -0.39 is 11.7 Å². The van der Waals surface area contributed by atoms with Crippen molar-refractivity contribution in [1.29, 1.82) is 0 Å². The molecule has 1 rings (SSSR count). The van der Waals surface area contributed by atoms with Crippen molar-refractivity contribution < 1.29 is 22.7 Å². The minimum absolute atomic E-state index is 0.0178. The maximum absolute atomic E-state index is 12.8. The molecule has 0 unspecified atom stereocenters. The van der Waals surface area contributed by atoms with Crippen molar-refractivity contribution in [3.05, 3.63) is 41.7 Å². The molecule has 2 nitrogen and oxygen atoms in total. The van der Waals surface area contributed by atoms with Crippen LogP contribution in [0.2, 0.25) is 0 Å². The highest BCUT2D eigenvalue weighted by molar-refractivity contribution is 5.86. The van der Waals surface area contributed by atoms with E-state index in [-0.39, 0.29) is 17.7 Å². The summed E-state index contributed by atoms with van der Waals surface area (Å²) < 4.78 is 43.0. The monoisotopic (exact) mass is 244 g/mol. The third-order valence-corrected chi connectivity index (χ3v) is 2.05. The molecule has 0 saturated heterocycles. The van der Waals surface area contributed by atoms with Crippen molar-refractivity contribution in [1.82, 2.24) is 0 Å². The van der Waals surface area contributed by atoms with E-state index in [0.29, 0.717) is 12.5 Å². The van der Waals surface area contributed by atoms with Crippen LogP contribution < -0.4 is 0 Å². The molecular weight excluding hydrogens is 233 g/mol. The maximum Gasteiger partial charge on any atom is 0.419 e. The van der Waals surface area contributed by atoms with Crippen LogP contribution in [0.5, 0.6) is 0 Å². The highest BCUT2D eigenvalue weighted by Gasteiger charge is 2.36. The zero-order valence-corrected chi connectivity index (χ0v) is 9.12. The first-order valence-electron chi connectivity index (χ1n) is 4.94. The van der Waals surface area contributed by atoms with Gasteiger partial charge in [-0.3, -0.25) is 4.79 Å². The standard InChI is InChI=1S/C12H11F3O2/c1-2-17-8-11(12(13,14)15)10-6-4-3-5-9(10)7-16/h3-8H,2H2,1H3/b11-8+. The lowest BCUT2D eigenvalue weighted by Gasteiger charge is -2.13. The highest BCUT2D eigenvalue weighted by atomic mass is 19.4. The molecule has 0 N–H and O–H groups in total. The number of carbonyl (C=O) groups excluding carboxylic acids is 1. The summed E-state index contributed by atoms with van der Waals surface area (Å²) in [6, 6.07) is 5.51. The number of hydrogen-bond donors (Lipinski definition) is 0. The molecule has 17 heavy (non-hydrogen) atoms. The number of hydrogen-bond acceptors (Lipinski definition) is 2. The SMILES string of the molecule is CCO/C=C(\c1ccccc1C=O)C(F)(F)F. The van der Waals surface area contributed by atoms with Gasteiger partial charge in [0.25, 0.3) is 0 Å². The van der Waals surface area contributed by atoms with E-state index in [1.54, 1.807) is 6.92 Å². The number of aldehydes is 1. The fourth-order valence-electron chi connectivity index (χ4n) is 1.29. The van der Waals surface area contributed by atoms with E-state index >= 15 is 0 Å². The first-order chi connectivity index (χ1) is 8.00. The Morgan fingerprint density at radius 3 is 2.53 bits per heavy atom. The first-order valence-corrected chi connectivity index (χ1v) is 4.94. The van der Waals surface area contributed by atoms with E-state index in [1.807, 2.05) is 0 Å². The average molecular weight is 244 g/mol. The molecule has 5 heteroatoms. The molecule has 0 bridgehead atoms. The molecule has 0 radical (unpaired) electrons. The summed E-state index contributed by atoms with van der Waals surface area (Å²) in [7, 11) is 0. The number of rotatable bonds is 4. The van der Waals surface area contributed by atoms with Gasteiger partial charge in [0.15, 0.2) is 6.29 Å². The van der Waals surface area contributed by atoms with Crippen LogP contribution >= 0.6 is 0 Å². The molecule has 1 aromatic rings. The summed E-state index contributed by atoms with van der Waals surface area (Å²) in [6.07, 6.45) is -3.53. The molecule has 0 spiro atoms. The normalized spacial score (nSPS) is 12.4. The van der Waals surface area contributed by atoms with E-state index in [2.05, 4.69) is 4.74 Å². The molecule has 1 aromatic carbocycles. The van der Waals surface area contributed by atoms with E-state index in [1.165, 1.54) is 24.3 Å². The molecule has 92 valence electrons. The predicted octanol–water partition coefficient (Wildman–Crippen LogP) is 3.44. The zero-order valence-electron chi connectivity index (χ0n) is 9.12. The number of ether oxygens (including phenoxy) is 1. The molecule has 0 aliphatic rings. The van der Waals surface area contributed by atoms with Crippen LogP contribution in [0.15, 0.2) is 30.5 Å². The molecule has 0 aliphatic carbocycles. The van der Waals surface area contributed by atoms with Crippen LogP contribution in [-0.2, 0) is 4.74 Å². The Bertz CT molecular complexity index is 422. The van der Waals surface area contributed by atoms with Crippen LogP contribution in [0.25, 0.3) is 5.57 Å². The van der Waals surface area contributed by atoms with Crippen LogP contribution in [-0.4, -0.2) is 19.1 Å². The van der Waals surface area contributed by atoms with Gasteiger partial charge in [-0.1, -0.05) is 24.3 Å². The lowest BCUT2D eigenvalue weighted by molar-refractivity contribution is -0.0703. The fraction of sp³-hybridized carbons (Fsp3) is 0.250. The van der Waals surface area contributed by atoms with Crippen LogP contribution in [0.4, 0.5) is 13.2 Å². The Morgan fingerprint density at radius 1 is 1.35 bits per heavy atom. The molecule has 0 saturated carbocycles. The highest BCUT2D eigenvalue weighted by Crippen LogP contribution is 2.35. The quantitative estimate of drug-likeness (QED) is 0.599. The molecule has 0 aromatic heterocycles. The van der Waals surface area contributed by atoms with Crippen LogP contribution in [0, 0.1) is 0 Å². The van der Waals surface area contributed by atoms with Crippen molar-refractivity contribution in [3.63, 3.8) is 0 Å². The van der Waals surface area contributed by atoms with Gasteiger partial charge >= 0.3 is 6.18 Å². The fourth-order valence-corrected chi connectivity index (χ4v) is 1.29. The van der Waals surface area contributed by atoms with Gasteiger partial charge in [0.05, 0.1) is 18.4 Å². The van der Waals surface area contributed by atoms with Crippen LogP contribution in [0.1, 0.15) is 22.8 Å². The number of carbonyl (C=O) groups is 1. The van der Waals surface area contributed by atoms with E-state index in [0.717, 1.165) is 0 Å². The molecular formula is C12H11F3O2. The summed E-state index contributed by atoms with van der Waals surface area (Å²) in [6.45, 7) is 1.71. The van der Waals surface area contributed by atoms with Gasteiger partial charge in [-0.2, -0.15) is 13.2 Å². The summed E-state index contributed by atoms with van der Waals surface area (Å²) in [5.41, 5.74) is -1.15. The zero-order chi connectivity index (χ0) is 12.9. The number of allylic oxidation sites excluding steroid dienone is 1. The first kappa shape index (κ1) is 13.3. The number of benzene rings is 1. The van der Waals surface area contributed by atoms with Crippen molar-refractivity contribution >= 4 is 11.9 Å². The van der Waals surface area contributed by atoms with E-state index in [9.17, 15) is 18.0 Å². The maximum atomic E-state index is 12.8. The molecule has 0 amide bonds. The second-order valence-corrected chi connectivity index (χ2v) is 3.19. The van der Waals surface area contributed by atoms with Gasteiger partial charge in [-0.25, -0.2) is 0 Å². The minimum atomic E-state index is -4.56. The van der Waals surface area contributed by atoms with Crippen molar-refractivity contribution in [3.8, 4) is 0 Å². The predicted molar refractivity (Wildman–Crippen MR) is 57.5 cm³/mol. The van der Waals surface area contributed by atoms with E-state index in [4.69, 9.17) is 0 Å². The number of halogens is 3. The molecule has 0 atom stereocenters. The Kier molecular flexibility index (Phi) is 4.31. The van der Waals surface area contributed by atoms with Gasteiger partial charge in [0.1, 0.15) is 0 Å². The third-order valence-electron chi connectivity index (χ3n) is 2.05. The Hall–Kier alpha value is -1.78. The van der Waals surface area contributed by atoms with Gasteiger partial charge in [-0.15, -0.1) is 0 Å². The third kappa shape index (κ3) is 3.34. The Balaban J connectivity index is 3.27. The summed E-state index contributed by atoms with van der Waals surface area (Å²) >= 11 is 0. The van der Waals surface area contributed by atoms with Crippen LogP contribution in [0.3, 0.4) is 0 Å². The topological polar surface area (TPSA) is 26.3 Å². The molecule has 0 fully saturated rings.